The normalized spacial score (nSPS) is 14.6. The molecule has 1 amide bonds. The molecular weight excluding hydrogens is 162 g/mol. The van der Waals surface area contributed by atoms with Gasteiger partial charge in [-0.05, 0) is 26.2 Å². The Labute approximate surface area is 80.7 Å². The minimum atomic E-state index is 0.000720. The van der Waals surface area contributed by atoms with E-state index < -0.39 is 0 Å². The first-order valence-electron chi connectivity index (χ1n) is 4.65. The monoisotopic (exact) mass is 181 g/mol. The molecule has 0 aliphatic rings. The van der Waals surface area contributed by atoms with Crippen molar-refractivity contribution in [1.82, 2.24) is 5.32 Å². The van der Waals surface area contributed by atoms with Gasteiger partial charge in [0.2, 0.25) is 5.91 Å². The van der Waals surface area contributed by atoms with Crippen LogP contribution in [0.3, 0.4) is 0 Å². The fraction of sp³-hybridized carbons (Fsp3) is 0.545. The molecule has 0 aliphatic carbocycles. The maximum absolute atomic E-state index is 10.8. The maximum atomic E-state index is 10.8. The maximum Gasteiger partial charge on any atom is 0.220 e. The average Bonchev–Trinajstić information content (AvgIpc) is 2.02. The smallest absolute Gasteiger partial charge is 0.220 e. The largest absolute Gasteiger partial charge is 0.330 e. The van der Waals surface area contributed by atoms with Crippen LogP contribution >= 0.6 is 0 Å². The summed E-state index contributed by atoms with van der Waals surface area (Å²) in [5.74, 6) is 0.476. The van der Waals surface area contributed by atoms with E-state index >= 15 is 0 Å². The molecule has 1 N–H and O–H groups in total. The molecular formula is C11H19NO. The highest BCUT2D eigenvalue weighted by Crippen LogP contribution is 2.10. The van der Waals surface area contributed by atoms with Crippen LogP contribution in [0.15, 0.2) is 23.9 Å². The summed E-state index contributed by atoms with van der Waals surface area (Å²) in [6.45, 7) is 7.60. The topological polar surface area (TPSA) is 29.1 Å². The summed E-state index contributed by atoms with van der Waals surface area (Å²) >= 11 is 0. The summed E-state index contributed by atoms with van der Waals surface area (Å²) in [4.78, 5) is 10.8. The van der Waals surface area contributed by atoms with Gasteiger partial charge in [-0.2, -0.15) is 0 Å². The van der Waals surface area contributed by atoms with E-state index in [-0.39, 0.29) is 5.91 Å². The van der Waals surface area contributed by atoms with E-state index in [1.54, 1.807) is 0 Å². The number of amides is 1. The van der Waals surface area contributed by atoms with Crippen LogP contribution in [-0.4, -0.2) is 5.91 Å². The van der Waals surface area contributed by atoms with E-state index in [2.05, 4.69) is 18.3 Å². The molecule has 0 heterocycles. The van der Waals surface area contributed by atoms with Crippen molar-refractivity contribution in [2.75, 3.05) is 0 Å². The van der Waals surface area contributed by atoms with E-state index in [0.29, 0.717) is 5.92 Å². The lowest BCUT2D eigenvalue weighted by Gasteiger charge is -2.10. The van der Waals surface area contributed by atoms with Crippen molar-refractivity contribution in [2.24, 2.45) is 5.92 Å². The zero-order valence-electron chi connectivity index (χ0n) is 8.92. The van der Waals surface area contributed by atoms with Crippen molar-refractivity contribution in [3.8, 4) is 0 Å². The lowest BCUT2D eigenvalue weighted by atomic mass is 10.0. The Balaban J connectivity index is 4.06. The molecule has 0 aromatic heterocycles. The minimum absolute atomic E-state index is 0.000720. The van der Waals surface area contributed by atoms with Gasteiger partial charge >= 0.3 is 0 Å². The van der Waals surface area contributed by atoms with Gasteiger partial charge in [0.25, 0.3) is 0 Å². The SMILES string of the molecule is C/C=C(/C[C@@H](C)/C=C/C)NC(C)=O. The second-order valence-electron chi connectivity index (χ2n) is 3.20. The first kappa shape index (κ1) is 11.9. The number of nitrogens with one attached hydrogen (secondary N) is 1. The number of carbonyl (C=O) groups is 1. The summed E-state index contributed by atoms with van der Waals surface area (Å²) in [6.07, 6.45) is 7.00. The Morgan fingerprint density at radius 1 is 1.46 bits per heavy atom. The molecule has 0 fully saturated rings. The van der Waals surface area contributed by atoms with Gasteiger partial charge in [-0.15, -0.1) is 0 Å². The predicted octanol–water partition coefficient (Wildman–Crippen LogP) is 2.63. The lowest BCUT2D eigenvalue weighted by Crippen LogP contribution is -2.20. The Kier molecular flexibility index (Phi) is 5.94. The predicted molar refractivity (Wildman–Crippen MR) is 56.2 cm³/mol. The van der Waals surface area contributed by atoms with Gasteiger partial charge in [0.05, 0.1) is 0 Å². The summed E-state index contributed by atoms with van der Waals surface area (Å²) in [5, 5.41) is 2.81. The highest BCUT2D eigenvalue weighted by Gasteiger charge is 2.02. The number of rotatable bonds is 4. The molecule has 13 heavy (non-hydrogen) atoms. The van der Waals surface area contributed by atoms with Crippen molar-refractivity contribution >= 4 is 5.91 Å². The molecule has 74 valence electrons. The quantitative estimate of drug-likeness (QED) is 0.664. The molecule has 1 atom stereocenters. The van der Waals surface area contributed by atoms with Gasteiger partial charge in [-0.3, -0.25) is 4.79 Å². The van der Waals surface area contributed by atoms with Crippen LogP contribution in [0.2, 0.25) is 0 Å². The summed E-state index contributed by atoms with van der Waals surface area (Å²) in [5.41, 5.74) is 0.998. The molecule has 0 unspecified atom stereocenters. The Hall–Kier alpha value is -1.05. The molecule has 0 bridgehead atoms. The summed E-state index contributed by atoms with van der Waals surface area (Å²) in [6, 6.07) is 0. The standard InChI is InChI=1S/C11H19NO/c1-5-7-9(3)8-11(6-2)12-10(4)13/h5-7,9H,8H2,1-4H3,(H,12,13)/b7-5+,11-6-/t9-/m0/s1. The number of carbonyl (C=O) groups excluding carboxylic acids is 1. The fourth-order valence-corrected chi connectivity index (χ4v) is 1.21. The molecule has 0 aliphatic heterocycles. The first-order valence-corrected chi connectivity index (χ1v) is 4.65. The summed E-state index contributed by atoms with van der Waals surface area (Å²) < 4.78 is 0. The second kappa shape index (κ2) is 6.46. The molecule has 0 rings (SSSR count). The van der Waals surface area contributed by atoms with Crippen molar-refractivity contribution in [3.05, 3.63) is 23.9 Å². The molecule has 0 aromatic carbocycles. The van der Waals surface area contributed by atoms with Crippen LogP contribution in [0.25, 0.3) is 0 Å². The van der Waals surface area contributed by atoms with Gasteiger partial charge in [0.15, 0.2) is 0 Å². The van der Waals surface area contributed by atoms with Crippen molar-refractivity contribution < 1.29 is 4.79 Å². The van der Waals surface area contributed by atoms with E-state index in [9.17, 15) is 4.79 Å². The Morgan fingerprint density at radius 2 is 2.08 bits per heavy atom. The van der Waals surface area contributed by atoms with Crippen molar-refractivity contribution in [1.29, 1.82) is 0 Å². The van der Waals surface area contributed by atoms with Crippen LogP contribution in [0.1, 0.15) is 34.1 Å². The average molecular weight is 181 g/mol. The first-order chi connectivity index (χ1) is 6.10. The third-order valence-corrected chi connectivity index (χ3v) is 1.75. The zero-order valence-corrected chi connectivity index (χ0v) is 8.92. The van der Waals surface area contributed by atoms with Crippen molar-refractivity contribution in [3.63, 3.8) is 0 Å². The highest BCUT2D eigenvalue weighted by molar-refractivity contribution is 5.74. The molecule has 0 saturated carbocycles. The number of allylic oxidation sites excluding steroid dienone is 4. The number of hydrogen-bond donors (Lipinski definition) is 1. The lowest BCUT2D eigenvalue weighted by molar-refractivity contribution is -0.118. The molecule has 0 spiro atoms. The summed E-state index contributed by atoms with van der Waals surface area (Å²) in [7, 11) is 0. The van der Waals surface area contributed by atoms with Crippen LogP contribution in [0.4, 0.5) is 0 Å². The van der Waals surface area contributed by atoms with Crippen molar-refractivity contribution in [2.45, 2.75) is 34.1 Å². The third-order valence-electron chi connectivity index (χ3n) is 1.75. The minimum Gasteiger partial charge on any atom is -0.330 e. The van der Waals surface area contributed by atoms with Gasteiger partial charge in [-0.1, -0.05) is 25.2 Å². The van der Waals surface area contributed by atoms with Gasteiger partial charge in [-0.25, -0.2) is 0 Å². The molecule has 0 aromatic rings. The fourth-order valence-electron chi connectivity index (χ4n) is 1.21. The van der Waals surface area contributed by atoms with E-state index in [1.807, 2.05) is 26.0 Å². The molecule has 0 radical (unpaired) electrons. The van der Waals surface area contributed by atoms with Crippen LogP contribution in [0.5, 0.6) is 0 Å². The van der Waals surface area contributed by atoms with E-state index in [1.165, 1.54) is 6.92 Å². The van der Waals surface area contributed by atoms with Crippen LogP contribution in [-0.2, 0) is 4.79 Å². The highest BCUT2D eigenvalue weighted by atomic mass is 16.1. The Morgan fingerprint density at radius 3 is 2.46 bits per heavy atom. The van der Waals surface area contributed by atoms with E-state index in [0.717, 1.165) is 12.1 Å². The van der Waals surface area contributed by atoms with Crippen LogP contribution < -0.4 is 5.32 Å². The molecule has 2 heteroatoms. The second-order valence-corrected chi connectivity index (χ2v) is 3.20. The van der Waals surface area contributed by atoms with Gasteiger partial charge < -0.3 is 5.32 Å². The molecule has 0 saturated heterocycles. The number of hydrogen-bond acceptors (Lipinski definition) is 1. The Bertz CT molecular complexity index is 216. The van der Waals surface area contributed by atoms with Gasteiger partial charge in [0, 0.05) is 12.6 Å². The zero-order chi connectivity index (χ0) is 10.3. The molecule has 2 nitrogen and oxygen atoms in total. The van der Waals surface area contributed by atoms with Gasteiger partial charge in [0.1, 0.15) is 0 Å². The van der Waals surface area contributed by atoms with Crippen LogP contribution in [0, 0.1) is 5.92 Å². The van der Waals surface area contributed by atoms with E-state index in [4.69, 9.17) is 0 Å². The third kappa shape index (κ3) is 6.14.